The van der Waals surface area contributed by atoms with Crippen LogP contribution in [0.1, 0.15) is 29.9 Å². The van der Waals surface area contributed by atoms with Gasteiger partial charge in [-0.3, -0.25) is 16.0 Å². The Bertz CT molecular complexity index is 595. The van der Waals surface area contributed by atoms with Gasteiger partial charge in [0.15, 0.2) is 11.6 Å². The fourth-order valence-corrected chi connectivity index (χ4v) is 2.22. The van der Waals surface area contributed by atoms with Gasteiger partial charge in [0.05, 0.1) is 17.4 Å². The van der Waals surface area contributed by atoms with Crippen molar-refractivity contribution in [2.24, 2.45) is 12.9 Å². The number of nitrogens with zero attached hydrogens (tertiary/aromatic N) is 2. The van der Waals surface area contributed by atoms with Crippen molar-refractivity contribution in [1.29, 1.82) is 0 Å². The Kier molecular flexibility index (Phi) is 4.46. The molecular weight excluding hydrogens is 262 g/mol. The first kappa shape index (κ1) is 14.6. The molecule has 0 fully saturated rings. The van der Waals surface area contributed by atoms with Crippen molar-refractivity contribution in [2.75, 3.05) is 0 Å². The number of halogens is 2. The standard InChI is InChI=1S/C14H18F2N4/c1-3-10-8-13(20(2)19-10)12(18-17)7-9-5-4-6-11(15)14(9)16/h4-6,8,12,18H,3,7,17H2,1-2H3. The summed E-state index contributed by atoms with van der Waals surface area (Å²) in [5.74, 6) is 3.88. The second-order valence-electron chi connectivity index (χ2n) is 4.67. The second kappa shape index (κ2) is 6.11. The molecule has 0 saturated carbocycles. The van der Waals surface area contributed by atoms with Crippen LogP contribution in [0.25, 0.3) is 0 Å². The van der Waals surface area contributed by atoms with Gasteiger partial charge in [0.1, 0.15) is 0 Å². The van der Waals surface area contributed by atoms with Crippen LogP contribution in [0.4, 0.5) is 8.78 Å². The maximum Gasteiger partial charge on any atom is 0.162 e. The quantitative estimate of drug-likeness (QED) is 0.650. The fourth-order valence-electron chi connectivity index (χ4n) is 2.22. The molecule has 0 aliphatic carbocycles. The third-order valence-electron chi connectivity index (χ3n) is 3.34. The zero-order valence-corrected chi connectivity index (χ0v) is 11.5. The molecule has 20 heavy (non-hydrogen) atoms. The van der Waals surface area contributed by atoms with E-state index >= 15 is 0 Å². The minimum Gasteiger partial charge on any atom is -0.271 e. The van der Waals surface area contributed by atoms with Gasteiger partial charge in [0.25, 0.3) is 0 Å². The maximum absolute atomic E-state index is 13.7. The van der Waals surface area contributed by atoms with E-state index < -0.39 is 11.6 Å². The Hall–Kier alpha value is -1.79. The van der Waals surface area contributed by atoms with E-state index in [1.165, 1.54) is 6.07 Å². The molecule has 0 amide bonds. The lowest BCUT2D eigenvalue weighted by Crippen LogP contribution is -2.31. The first-order valence-electron chi connectivity index (χ1n) is 6.48. The summed E-state index contributed by atoms with van der Waals surface area (Å²) in [6, 6.07) is 5.73. The molecule has 6 heteroatoms. The van der Waals surface area contributed by atoms with Crippen molar-refractivity contribution in [3.63, 3.8) is 0 Å². The lowest BCUT2D eigenvalue weighted by atomic mass is 10.0. The summed E-state index contributed by atoms with van der Waals surface area (Å²) >= 11 is 0. The van der Waals surface area contributed by atoms with Gasteiger partial charge in [0.2, 0.25) is 0 Å². The van der Waals surface area contributed by atoms with Crippen molar-refractivity contribution in [3.8, 4) is 0 Å². The Morgan fingerprint density at radius 2 is 2.15 bits per heavy atom. The van der Waals surface area contributed by atoms with E-state index in [4.69, 9.17) is 5.84 Å². The third-order valence-corrected chi connectivity index (χ3v) is 3.34. The summed E-state index contributed by atoms with van der Waals surface area (Å²) in [4.78, 5) is 0. The zero-order valence-electron chi connectivity index (χ0n) is 11.5. The SMILES string of the molecule is CCc1cc(C(Cc2cccc(F)c2F)NN)n(C)n1. The molecule has 2 rings (SSSR count). The van der Waals surface area contributed by atoms with Crippen LogP contribution in [0, 0.1) is 11.6 Å². The molecule has 1 unspecified atom stereocenters. The van der Waals surface area contributed by atoms with E-state index in [2.05, 4.69) is 10.5 Å². The molecule has 1 aromatic carbocycles. The van der Waals surface area contributed by atoms with E-state index in [1.807, 2.05) is 13.0 Å². The van der Waals surface area contributed by atoms with Crippen molar-refractivity contribution in [2.45, 2.75) is 25.8 Å². The Balaban J connectivity index is 2.28. The van der Waals surface area contributed by atoms with Gasteiger partial charge < -0.3 is 0 Å². The van der Waals surface area contributed by atoms with Gasteiger partial charge in [-0.2, -0.15) is 5.10 Å². The number of hydrogen-bond donors (Lipinski definition) is 2. The molecule has 0 spiro atoms. The Labute approximate surface area is 116 Å². The van der Waals surface area contributed by atoms with Gasteiger partial charge in [-0.05, 0) is 30.5 Å². The van der Waals surface area contributed by atoms with Gasteiger partial charge >= 0.3 is 0 Å². The van der Waals surface area contributed by atoms with Crippen molar-refractivity contribution in [3.05, 3.63) is 52.9 Å². The number of aryl methyl sites for hydroxylation is 2. The predicted octanol–water partition coefficient (Wildman–Crippen LogP) is 2.01. The first-order chi connectivity index (χ1) is 9.56. The van der Waals surface area contributed by atoms with Crippen LogP contribution in [0.15, 0.2) is 24.3 Å². The lowest BCUT2D eigenvalue weighted by Gasteiger charge is -2.16. The van der Waals surface area contributed by atoms with Crippen LogP contribution in [0.2, 0.25) is 0 Å². The topological polar surface area (TPSA) is 55.9 Å². The molecule has 0 radical (unpaired) electrons. The van der Waals surface area contributed by atoms with Gasteiger partial charge in [-0.15, -0.1) is 0 Å². The van der Waals surface area contributed by atoms with E-state index in [0.29, 0.717) is 0 Å². The molecule has 0 saturated heterocycles. The number of nitrogens with two attached hydrogens (primary N) is 1. The van der Waals surface area contributed by atoms with Crippen LogP contribution < -0.4 is 11.3 Å². The number of rotatable bonds is 5. The number of hydrogen-bond acceptors (Lipinski definition) is 3. The van der Waals surface area contributed by atoms with Gasteiger partial charge in [0, 0.05) is 7.05 Å². The second-order valence-corrected chi connectivity index (χ2v) is 4.67. The summed E-state index contributed by atoms with van der Waals surface area (Å²) in [6.07, 6.45) is 1.06. The van der Waals surface area contributed by atoms with Crippen molar-refractivity contribution < 1.29 is 8.78 Å². The average Bonchev–Trinajstić information content (AvgIpc) is 2.82. The highest BCUT2D eigenvalue weighted by Crippen LogP contribution is 2.21. The molecule has 1 heterocycles. The molecule has 0 bridgehead atoms. The molecular formula is C14H18F2N4. The Morgan fingerprint density at radius 3 is 2.75 bits per heavy atom. The minimum absolute atomic E-state index is 0.253. The largest absolute Gasteiger partial charge is 0.271 e. The van der Waals surface area contributed by atoms with Crippen LogP contribution in [-0.4, -0.2) is 9.78 Å². The normalized spacial score (nSPS) is 12.7. The third kappa shape index (κ3) is 2.86. The van der Waals surface area contributed by atoms with Crippen LogP contribution in [-0.2, 0) is 19.9 Å². The number of benzene rings is 1. The summed E-state index contributed by atoms with van der Waals surface area (Å²) in [6.45, 7) is 2.00. The van der Waals surface area contributed by atoms with Crippen LogP contribution in [0.5, 0.6) is 0 Å². The van der Waals surface area contributed by atoms with Crippen molar-refractivity contribution >= 4 is 0 Å². The summed E-state index contributed by atoms with van der Waals surface area (Å²) in [7, 11) is 1.81. The molecule has 1 atom stereocenters. The summed E-state index contributed by atoms with van der Waals surface area (Å²) in [5, 5.41) is 4.33. The molecule has 1 aromatic heterocycles. The van der Waals surface area contributed by atoms with Crippen LogP contribution >= 0.6 is 0 Å². The first-order valence-corrected chi connectivity index (χ1v) is 6.48. The predicted molar refractivity (Wildman–Crippen MR) is 72.7 cm³/mol. The average molecular weight is 280 g/mol. The van der Waals surface area contributed by atoms with E-state index in [0.717, 1.165) is 23.9 Å². The molecule has 3 N–H and O–H groups in total. The zero-order chi connectivity index (χ0) is 14.7. The molecule has 0 aliphatic rings. The maximum atomic E-state index is 13.7. The molecule has 4 nitrogen and oxygen atoms in total. The number of nitrogens with one attached hydrogen (secondary N) is 1. The molecule has 108 valence electrons. The van der Waals surface area contributed by atoms with Gasteiger partial charge in [-0.25, -0.2) is 8.78 Å². The minimum atomic E-state index is -0.850. The highest BCUT2D eigenvalue weighted by molar-refractivity contribution is 5.23. The monoisotopic (exact) mass is 280 g/mol. The molecule has 0 aliphatic heterocycles. The number of aromatic nitrogens is 2. The summed E-state index contributed by atoms with van der Waals surface area (Å²) in [5.41, 5.74) is 4.70. The van der Waals surface area contributed by atoms with Crippen LogP contribution in [0.3, 0.4) is 0 Å². The summed E-state index contributed by atoms with van der Waals surface area (Å²) < 4.78 is 28.7. The van der Waals surface area contributed by atoms with E-state index in [1.54, 1.807) is 17.8 Å². The van der Waals surface area contributed by atoms with Crippen molar-refractivity contribution in [1.82, 2.24) is 15.2 Å². The highest BCUT2D eigenvalue weighted by Gasteiger charge is 2.18. The highest BCUT2D eigenvalue weighted by atomic mass is 19.2. The molecule has 2 aromatic rings. The van der Waals surface area contributed by atoms with E-state index in [9.17, 15) is 8.78 Å². The Morgan fingerprint density at radius 1 is 1.40 bits per heavy atom. The van der Waals surface area contributed by atoms with E-state index in [-0.39, 0.29) is 18.0 Å². The fraction of sp³-hybridized carbons (Fsp3) is 0.357. The lowest BCUT2D eigenvalue weighted by molar-refractivity contribution is 0.469. The number of hydrazine groups is 1. The smallest absolute Gasteiger partial charge is 0.162 e. The van der Waals surface area contributed by atoms with Gasteiger partial charge in [-0.1, -0.05) is 19.1 Å².